The number of carboxylic acid groups (broad SMARTS) is 1. The SMILES string of the molecule is CC(C)[C@@H](O)C(=O)N1CCN(Cc2ccc(C(=O)O)s2)CC1. The van der Waals surface area contributed by atoms with Gasteiger partial charge < -0.3 is 15.1 Å². The first-order chi connectivity index (χ1) is 10.4. The number of hydrogen-bond donors (Lipinski definition) is 2. The van der Waals surface area contributed by atoms with Crippen LogP contribution in [-0.4, -0.2) is 64.2 Å². The molecular formula is C15H22N2O4S. The average Bonchev–Trinajstić information content (AvgIpc) is 2.95. The normalized spacial score (nSPS) is 17.7. The van der Waals surface area contributed by atoms with E-state index in [-0.39, 0.29) is 11.8 Å². The zero-order chi connectivity index (χ0) is 16.3. The van der Waals surface area contributed by atoms with Crippen LogP contribution in [0, 0.1) is 5.92 Å². The predicted octanol–water partition coefficient (Wildman–Crippen LogP) is 1.11. The van der Waals surface area contributed by atoms with Crippen molar-refractivity contribution in [3.8, 4) is 0 Å². The monoisotopic (exact) mass is 326 g/mol. The molecule has 7 heteroatoms. The number of nitrogens with zero attached hydrogens (tertiary/aromatic N) is 2. The number of thiophene rings is 1. The molecule has 6 nitrogen and oxygen atoms in total. The van der Waals surface area contributed by atoms with E-state index < -0.39 is 12.1 Å². The minimum atomic E-state index is -0.929. The van der Waals surface area contributed by atoms with E-state index in [0.717, 1.165) is 18.0 Å². The van der Waals surface area contributed by atoms with Crippen LogP contribution in [0.5, 0.6) is 0 Å². The van der Waals surface area contributed by atoms with Crippen LogP contribution in [0.2, 0.25) is 0 Å². The van der Waals surface area contributed by atoms with Gasteiger partial charge >= 0.3 is 5.97 Å². The third-order valence-corrected chi connectivity index (χ3v) is 4.88. The first kappa shape index (κ1) is 16.9. The molecule has 1 fully saturated rings. The molecule has 0 saturated carbocycles. The van der Waals surface area contributed by atoms with E-state index in [0.29, 0.717) is 24.5 Å². The quantitative estimate of drug-likeness (QED) is 0.847. The highest BCUT2D eigenvalue weighted by molar-refractivity contribution is 7.13. The number of amides is 1. The molecule has 1 atom stereocenters. The van der Waals surface area contributed by atoms with E-state index in [4.69, 9.17) is 5.11 Å². The number of aliphatic hydroxyl groups is 1. The molecule has 2 heterocycles. The highest BCUT2D eigenvalue weighted by atomic mass is 32.1. The predicted molar refractivity (Wildman–Crippen MR) is 84.0 cm³/mol. The summed E-state index contributed by atoms with van der Waals surface area (Å²) in [6, 6.07) is 3.47. The van der Waals surface area contributed by atoms with Crippen molar-refractivity contribution in [3.05, 3.63) is 21.9 Å². The summed E-state index contributed by atoms with van der Waals surface area (Å²) in [7, 11) is 0. The molecule has 0 spiro atoms. The van der Waals surface area contributed by atoms with Crippen molar-refractivity contribution >= 4 is 23.2 Å². The van der Waals surface area contributed by atoms with E-state index in [1.165, 1.54) is 11.3 Å². The molecule has 122 valence electrons. The highest BCUT2D eigenvalue weighted by Gasteiger charge is 2.27. The molecule has 0 aromatic carbocycles. The fraction of sp³-hybridized carbons (Fsp3) is 0.600. The molecule has 1 aromatic heterocycles. The lowest BCUT2D eigenvalue weighted by atomic mass is 10.1. The maximum atomic E-state index is 12.1. The van der Waals surface area contributed by atoms with Crippen LogP contribution in [-0.2, 0) is 11.3 Å². The molecule has 0 aliphatic carbocycles. The minimum Gasteiger partial charge on any atom is -0.477 e. The molecule has 1 saturated heterocycles. The molecule has 22 heavy (non-hydrogen) atoms. The number of hydrogen-bond acceptors (Lipinski definition) is 5. The molecule has 1 aromatic rings. The van der Waals surface area contributed by atoms with Gasteiger partial charge in [0.1, 0.15) is 11.0 Å². The van der Waals surface area contributed by atoms with Crippen LogP contribution in [0.25, 0.3) is 0 Å². The number of carbonyl (C=O) groups is 2. The van der Waals surface area contributed by atoms with Gasteiger partial charge in [-0.15, -0.1) is 11.3 Å². The van der Waals surface area contributed by atoms with Crippen LogP contribution >= 0.6 is 11.3 Å². The van der Waals surface area contributed by atoms with Gasteiger partial charge in [0, 0.05) is 37.6 Å². The summed E-state index contributed by atoms with van der Waals surface area (Å²) >= 11 is 1.29. The maximum absolute atomic E-state index is 12.1. The third-order valence-electron chi connectivity index (χ3n) is 3.82. The van der Waals surface area contributed by atoms with Gasteiger partial charge in [0.25, 0.3) is 5.91 Å². The van der Waals surface area contributed by atoms with Gasteiger partial charge in [-0.1, -0.05) is 13.8 Å². The number of aliphatic hydroxyl groups excluding tert-OH is 1. The molecule has 0 radical (unpaired) electrons. The molecule has 1 amide bonds. The lowest BCUT2D eigenvalue weighted by Gasteiger charge is -2.36. The summed E-state index contributed by atoms with van der Waals surface area (Å²) in [6.07, 6.45) is -0.929. The summed E-state index contributed by atoms with van der Waals surface area (Å²) < 4.78 is 0. The molecule has 2 N–H and O–H groups in total. The first-order valence-electron chi connectivity index (χ1n) is 7.39. The van der Waals surface area contributed by atoms with Crippen molar-refractivity contribution in [2.24, 2.45) is 5.92 Å². The molecule has 1 aliphatic heterocycles. The van der Waals surface area contributed by atoms with Crippen LogP contribution in [0.15, 0.2) is 12.1 Å². The number of rotatable bonds is 5. The fourth-order valence-electron chi connectivity index (χ4n) is 2.40. The number of piperazine rings is 1. The number of carboxylic acids is 1. The van der Waals surface area contributed by atoms with Crippen molar-refractivity contribution in [2.75, 3.05) is 26.2 Å². The Hall–Kier alpha value is -1.44. The second kappa shape index (κ2) is 7.21. The van der Waals surface area contributed by atoms with Gasteiger partial charge in [0.05, 0.1) is 0 Å². The Kier molecular flexibility index (Phi) is 5.55. The van der Waals surface area contributed by atoms with Gasteiger partial charge in [-0.2, -0.15) is 0 Å². The second-order valence-corrected chi connectivity index (χ2v) is 7.03. The van der Waals surface area contributed by atoms with Crippen LogP contribution in [0.1, 0.15) is 28.4 Å². The summed E-state index contributed by atoms with van der Waals surface area (Å²) in [6.45, 7) is 7.02. The Morgan fingerprint density at radius 1 is 1.23 bits per heavy atom. The smallest absolute Gasteiger partial charge is 0.345 e. The van der Waals surface area contributed by atoms with Crippen LogP contribution < -0.4 is 0 Å². The van der Waals surface area contributed by atoms with Crippen LogP contribution in [0.4, 0.5) is 0 Å². The highest BCUT2D eigenvalue weighted by Crippen LogP contribution is 2.19. The van der Waals surface area contributed by atoms with Gasteiger partial charge in [0.2, 0.25) is 0 Å². The lowest BCUT2D eigenvalue weighted by molar-refractivity contribution is -0.144. The van der Waals surface area contributed by atoms with E-state index >= 15 is 0 Å². The summed E-state index contributed by atoms with van der Waals surface area (Å²) in [4.78, 5) is 28.2. The Morgan fingerprint density at radius 2 is 1.86 bits per heavy atom. The van der Waals surface area contributed by atoms with E-state index in [1.807, 2.05) is 19.9 Å². The zero-order valence-corrected chi connectivity index (χ0v) is 13.7. The maximum Gasteiger partial charge on any atom is 0.345 e. The molecular weight excluding hydrogens is 304 g/mol. The topological polar surface area (TPSA) is 81.1 Å². The molecule has 2 rings (SSSR count). The van der Waals surface area contributed by atoms with E-state index in [2.05, 4.69) is 4.90 Å². The molecule has 0 bridgehead atoms. The Labute approximate surface area is 134 Å². The second-order valence-electron chi connectivity index (χ2n) is 5.86. The Balaban J connectivity index is 1.84. The average molecular weight is 326 g/mol. The van der Waals surface area contributed by atoms with Crippen molar-refractivity contribution < 1.29 is 19.8 Å². The van der Waals surface area contributed by atoms with Crippen molar-refractivity contribution in [3.63, 3.8) is 0 Å². The van der Waals surface area contributed by atoms with Gasteiger partial charge in [-0.3, -0.25) is 9.69 Å². The zero-order valence-electron chi connectivity index (χ0n) is 12.9. The van der Waals surface area contributed by atoms with E-state index in [9.17, 15) is 14.7 Å². The largest absolute Gasteiger partial charge is 0.477 e. The fourth-order valence-corrected chi connectivity index (χ4v) is 3.29. The standard InChI is InChI=1S/C15H22N2O4S/c1-10(2)13(18)14(19)17-7-5-16(6-8-17)9-11-3-4-12(22-11)15(20)21/h3-4,10,13,18H,5-9H2,1-2H3,(H,20,21)/t13-/m1/s1. The lowest BCUT2D eigenvalue weighted by Crippen LogP contribution is -2.51. The van der Waals surface area contributed by atoms with Crippen molar-refractivity contribution in [1.29, 1.82) is 0 Å². The summed E-state index contributed by atoms with van der Waals surface area (Å²) in [5.74, 6) is -1.17. The van der Waals surface area contributed by atoms with Gasteiger partial charge in [-0.05, 0) is 18.1 Å². The van der Waals surface area contributed by atoms with Gasteiger partial charge in [-0.25, -0.2) is 4.79 Å². The summed E-state index contributed by atoms with van der Waals surface area (Å²) in [5, 5.41) is 18.8. The first-order valence-corrected chi connectivity index (χ1v) is 8.21. The van der Waals surface area contributed by atoms with Crippen molar-refractivity contribution in [1.82, 2.24) is 9.80 Å². The Bertz CT molecular complexity index is 535. The van der Waals surface area contributed by atoms with Crippen LogP contribution in [0.3, 0.4) is 0 Å². The molecule has 1 aliphatic rings. The minimum absolute atomic E-state index is 0.0777. The number of aromatic carboxylic acids is 1. The third kappa shape index (κ3) is 4.06. The Morgan fingerprint density at radius 3 is 2.36 bits per heavy atom. The van der Waals surface area contributed by atoms with Gasteiger partial charge in [0.15, 0.2) is 0 Å². The molecule has 0 unspecified atom stereocenters. The summed E-state index contributed by atoms with van der Waals surface area (Å²) in [5.41, 5.74) is 0. The van der Waals surface area contributed by atoms with E-state index in [1.54, 1.807) is 11.0 Å². The number of carbonyl (C=O) groups excluding carboxylic acids is 1. The van der Waals surface area contributed by atoms with Crippen molar-refractivity contribution in [2.45, 2.75) is 26.5 Å².